The Hall–Kier alpha value is -2.79. The van der Waals surface area contributed by atoms with Crippen molar-refractivity contribution in [1.29, 1.82) is 0 Å². The lowest BCUT2D eigenvalue weighted by Crippen LogP contribution is -2.33. The highest BCUT2D eigenvalue weighted by Crippen LogP contribution is 2.38. The van der Waals surface area contributed by atoms with Crippen LogP contribution >= 0.6 is 0 Å². The molecule has 1 aliphatic heterocycles. The number of benzene rings is 3. The van der Waals surface area contributed by atoms with Crippen LogP contribution in [0.25, 0.3) is 0 Å². The molecule has 3 aromatic carbocycles. The number of carbonyl (C=O) groups is 1. The van der Waals surface area contributed by atoms with Gasteiger partial charge in [-0.25, -0.2) is 0 Å². The second-order valence-electron chi connectivity index (χ2n) is 8.00. The van der Waals surface area contributed by atoms with Crippen LogP contribution < -0.4 is 0 Å². The molecule has 4 rings (SSSR count). The molecule has 4 atom stereocenters. The van der Waals surface area contributed by atoms with Gasteiger partial charge in [-0.2, -0.15) is 0 Å². The molecule has 160 valence electrons. The maximum atomic E-state index is 13.3. The van der Waals surface area contributed by atoms with Gasteiger partial charge in [-0.1, -0.05) is 91.0 Å². The summed E-state index contributed by atoms with van der Waals surface area (Å²) in [7, 11) is 0. The Morgan fingerprint density at radius 1 is 0.935 bits per heavy atom. The highest BCUT2D eigenvalue weighted by atomic mass is 16.5. The van der Waals surface area contributed by atoms with Crippen molar-refractivity contribution in [1.82, 2.24) is 0 Å². The molecular formula is C27H28O4. The van der Waals surface area contributed by atoms with Gasteiger partial charge in [0.1, 0.15) is 0 Å². The molecule has 1 saturated heterocycles. The number of aliphatic hydroxyl groups is 1. The summed E-state index contributed by atoms with van der Waals surface area (Å²) >= 11 is 0. The molecule has 1 heterocycles. The van der Waals surface area contributed by atoms with Crippen LogP contribution in [0.1, 0.15) is 33.8 Å². The van der Waals surface area contributed by atoms with Crippen molar-refractivity contribution >= 4 is 5.78 Å². The fourth-order valence-corrected chi connectivity index (χ4v) is 4.31. The van der Waals surface area contributed by atoms with Crippen LogP contribution in [0.3, 0.4) is 0 Å². The minimum atomic E-state index is -0.358. The van der Waals surface area contributed by atoms with Gasteiger partial charge in [0.2, 0.25) is 0 Å². The van der Waals surface area contributed by atoms with Gasteiger partial charge in [0.25, 0.3) is 0 Å². The monoisotopic (exact) mass is 416 g/mol. The van der Waals surface area contributed by atoms with E-state index >= 15 is 0 Å². The summed E-state index contributed by atoms with van der Waals surface area (Å²) in [6, 6.07) is 29.4. The number of aliphatic hydroxyl groups excluding tert-OH is 1. The zero-order chi connectivity index (χ0) is 21.5. The number of Topliss-reactive ketones (excluding diaryl/α,β-unsaturated/α-hetero) is 1. The first-order valence-electron chi connectivity index (χ1n) is 10.8. The zero-order valence-electron chi connectivity index (χ0n) is 17.5. The average molecular weight is 417 g/mol. The van der Waals surface area contributed by atoms with Crippen LogP contribution in [0, 0.1) is 5.92 Å². The van der Waals surface area contributed by atoms with Gasteiger partial charge in [-0.3, -0.25) is 4.79 Å². The van der Waals surface area contributed by atoms with Crippen molar-refractivity contribution in [2.24, 2.45) is 5.92 Å². The highest BCUT2D eigenvalue weighted by Gasteiger charge is 2.44. The van der Waals surface area contributed by atoms with E-state index in [9.17, 15) is 9.90 Å². The Morgan fingerprint density at radius 2 is 1.55 bits per heavy atom. The van der Waals surface area contributed by atoms with Gasteiger partial charge in [0.05, 0.1) is 37.9 Å². The number of hydrogen-bond acceptors (Lipinski definition) is 4. The predicted molar refractivity (Wildman–Crippen MR) is 120 cm³/mol. The molecule has 1 N–H and O–H groups in total. The van der Waals surface area contributed by atoms with Crippen LogP contribution in [0.2, 0.25) is 0 Å². The fourth-order valence-electron chi connectivity index (χ4n) is 4.31. The predicted octanol–water partition coefficient (Wildman–Crippen LogP) is 4.64. The van der Waals surface area contributed by atoms with Crippen molar-refractivity contribution in [2.75, 3.05) is 13.2 Å². The van der Waals surface area contributed by atoms with Crippen molar-refractivity contribution < 1.29 is 19.4 Å². The minimum absolute atomic E-state index is 0.0607. The normalized spacial score (nSPS) is 21.6. The highest BCUT2D eigenvalue weighted by molar-refractivity contribution is 5.98. The van der Waals surface area contributed by atoms with Crippen LogP contribution in [-0.2, 0) is 16.1 Å². The largest absolute Gasteiger partial charge is 0.394 e. The molecule has 3 aromatic rings. The lowest BCUT2D eigenvalue weighted by atomic mass is 9.81. The molecule has 4 nitrogen and oxygen atoms in total. The second kappa shape index (κ2) is 10.5. The Labute approximate surface area is 183 Å². The molecule has 0 aromatic heterocycles. The molecule has 1 aliphatic rings. The number of hydrogen-bond donors (Lipinski definition) is 1. The zero-order valence-corrected chi connectivity index (χ0v) is 17.5. The van der Waals surface area contributed by atoms with Crippen LogP contribution in [0.15, 0.2) is 91.0 Å². The van der Waals surface area contributed by atoms with Crippen molar-refractivity contribution in [2.45, 2.75) is 31.2 Å². The minimum Gasteiger partial charge on any atom is -0.394 e. The van der Waals surface area contributed by atoms with E-state index in [1.807, 2.05) is 78.9 Å². The van der Waals surface area contributed by atoms with Crippen molar-refractivity contribution in [3.05, 3.63) is 108 Å². The van der Waals surface area contributed by atoms with Gasteiger partial charge >= 0.3 is 0 Å². The fraction of sp³-hybridized carbons (Fsp3) is 0.296. The molecule has 4 heteroatoms. The first-order chi connectivity index (χ1) is 15.3. The first kappa shape index (κ1) is 21.4. The Balaban J connectivity index is 1.57. The average Bonchev–Trinajstić information content (AvgIpc) is 3.27. The number of ether oxygens (including phenoxy) is 2. The summed E-state index contributed by atoms with van der Waals surface area (Å²) in [4.78, 5) is 13.3. The molecule has 0 saturated carbocycles. The van der Waals surface area contributed by atoms with Gasteiger partial charge < -0.3 is 14.6 Å². The SMILES string of the molecule is O=C(c1ccccc1)[C@H]1C[C@@H](CO)O[C@H]1C(COCc1ccccc1)c1ccccc1. The van der Waals surface area contributed by atoms with E-state index < -0.39 is 0 Å². The molecule has 31 heavy (non-hydrogen) atoms. The summed E-state index contributed by atoms with van der Waals surface area (Å²) in [6.45, 7) is 0.833. The molecule has 0 amide bonds. The van der Waals surface area contributed by atoms with E-state index in [0.717, 1.165) is 11.1 Å². The van der Waals surface area contributed by atoms with Gasteiger partial charge in [-0.15, -0.1) is 0 Å². The molecule has 0 spiro atoms. The topological polar surface area (TPSA) is 55.8 Å². The molecule has 0 aliphatic carbocycles. The van der Waals surface area contributed by atoms with Gasteiger partial charge in [0, 0.05) is 11.5 Å². The third-order valence-electron chi connectivity index (χ3n) is 5.89. The van der Waals surface area contributed by atoms with Crippen molar-refractivity contribution in [3.63, 3.8) is 0 Å². The maximum absolute atomic E-state index is 13.3. The quantitative estimate of drug-likeness (QED) is 0.517. The standard InChI is InChI=1S/C27H28O4/c28-17-23-16-24(26(29)22-14-8-3-9-15-22)27(31-23)25(21-12-6-2-7-13-21)19-30-18-20-10-4-1-5-11-20/h1-15,23-25,27-28H,16-19H2/t23-,24+,25?,27+/m0/s1. The summed E-state index contributed by atoms with van der Waals surface area (Å²) in [5.41, 5.74) is 2.86. The molecule has 0 radical (unpaired) electrons. The van der Waals surface area contributed by atoms with E-state index in [-0.39, 0.29) is 36.4 Å². The van der Waals surface area contributed by atoms with Crippen LogP contribution in [0.5, 0.6) is 0 Å². The number of rotatable bonds is 9. The number of ketones is 1. The molecule has 0 bridgehead atoms. The van der Waals surface area contributed by atoms with E-state index in [4.69, 9.17) is 9.47 Å². The summed E-state index contributed by atoms with van der Waals surface area (Å²) in [6.07, 6.45) is -0.192. The molecule has 1 unspecified atom stereocenters. The third kappa shape index (κ3) is 5.28. The first-order valence-corrected chi connectivity index (χ1v) is 10.8. The van der Waals surface area contributed by atoms with E-state index in [0.29, 0.717) is 25.2 Å². The Kier molecular flexibility index (Phi) is 7.26. The summed E-state index contributed by atoms with van der Waals surface area (Å²) in [5, 5.41) is 9.76. The number of carbonyl (C=O) groups excluding carboxylic acids is 1. The van der Waals surface area contributed by atoms with Gasteiger partial charge in [-0.05, 0) is 17.5 Å². The summed E-state index contributed by atoms with van der Waals surface area (Å²) < 4.78 is 12.3. The summed E-state index contributed by atoms with van der Waals surface area (Å²) in [5.74, 6) is -0.380. The van der Waals surface area contributed by atoms with E-state index in [2.05, 4.69) is 12.1 Å². The Morgan fingerprint density at radius 3 is 2.19 bits per heavy atom. The van der Waals surface area contributed by atoms with Crippen molar-refractivity contribution in [3.8, 4) is 0 Å². The third-order valence-corrected chi connectivity index (χ3v) is 5.89. The molecular weight excluding hydrogens is 388 g/mol. The second-order valence-corrected chi connectivity index (χ2v) is 8.00. The van der Waals surface area contributed by atoms with E-state index in [1.54, 1.807) is 0 Å². The smallest absolute Gasteiger partial charge is 0.168 e. The van der Waals surface area contributed by atoms with E-state index in [1.165, 1.54) is 0 Å². The lowest BCUT2D eigenvalue weighted by molar-refractivity contribution is -0.0253. The van der Waals surface area contributed by atoms with Crippen LogP contribution in [-0.4, -0.2) is 36.3 Å². The Bertz CT molecular complexity index is 943. The lowest BCUT2D eigenvalue weighted by Gasteiger charge is -2.28. The maximum Gasteiger partial charge on any atom is 0.168 e. The molecule has 1 fully saturated rings. The van der Waals surface area contributed by atoms with Gasteiger partial charge in [0.15, 0.2) is 5.78 Å². The van der Waals surface area contributed by atoms with Crippen LogP contribution in [0.4, 0.5) is 0 Å².